The molecule has 2 atom stereocenters. The molecule has 1 amide bonds. The van der Waals surface area contributed by atoms with Crippen LogP contribution in [0, 0.1) is 5.82 Å². The molecule has 1 aromatic heterocycles. The van der Waals surface area contributed by atoms with Gasteiger partial charge in [0.2, 0.25) is 21.8 Å². The molecule has 2 N–H and O–H groups in total. The van der Waals surface area contributed by atoms with Crippen molar-refractivity contribution in [2.24, 2.45) is 0 Å². The third-order valence-electron chi connectivity index (χ3n) is 7.43. The molecule has 2 unspecified atom stereocenters. The number of nitrogens with one attached hydrogen (secondary N) is 2. The largest absolute Gasteiger partial charge is 0.419 e. The number of aromatic nitrogens is 2. The molecule has 9 nitrogen and oxygen atoms in total. The van der Waals surface area contributed by atoms with Crippen molar-refractivity contribution in [1.29, 1.82) is 0 Å². The number of rotatable bonds is 9. The molecule has 5 rings (SSSR count). The number of hydrogen-bond donors (Lipinski definition) is 2. The SMILES string of the molecule is CC(NC(=O)c1cc(-c2nnc(C3(Cc4ccccc4)CCCN3)o2)cc(N(C)S(C)(=O)=O)c1)c1ccc(F)cc1. The first kappa shape index (κ1) is 28.4. The van der Waals surface area contributed by atoms with Crippen LogP contribution in [0.5, 0.6) is 0 Å². The molecule has 0 bridgehead atoms. The van der Waals surface area contributed by atoms with E-state index in [9.17, 15) is 17.6 Å². The van der Waals surface area contributed by atoms with Crippen LogP contribution >= 0.6 is 0 Å². The Hall–Kier alpha value is -4.09. The summed E-state index contributed by atoms with van der Waals surface area (Å²) >= 11 is 0. The van der Waals surface area contributed by atoms with Gasteiger partial charge >= 0.3 is 0 Å². The Morgan fingerprint density at radius 1 is 1.12 bits per heavy atom. The molecule has 0 radical (unpaired) electrons. The van der Waals surface area contributed by atoms with Crippen LogP contribution in [-0.2, 0) is 22.0 Å². The smallest absolute Gasteiger partial charge is 0.251 e. The number of nitrogens with zero attached hydrogens (tertiary/aromatic N) is 3. The van der Waals surface area contributed by atoms with Gasteiger partial charge < -0.3 is 15.1 Å². The highest BCUT2D eigenvalue weighted by molar-refractivity contribution is 7.92. The molecule has 2 heterocycles. The molecule has 1 fully saturated rings. The van der Waals surface area contributed by atoms with Crippen LogP contribution in [0.1, 0.15) is 53.2 Å². The molecule has 41 heavy (non-hydrogen) atoms. The fraction of sp³-hybridized carbons (Fsp3) is 0.300. The maximum atomic E-state index is 13.4. The molecule has 1 aliphatic heterocycles. The minimum absolute atomic E-state index is 0.172. The molecule has 214 valence electrons. The zero-order valence-electron chi connectivity index (χ0n) is 23.1. The highest BCUT2D eigenvalue weighted by Crippen LogP contribution is 2.36. The van der Waals surface area contributed by atoms with E-state index in [-0.39, 0.29) is 23.0 Å². The second-order valence-electron chi connectivity index (χ2n) is 10.4. The summed E-state index contributed by atoms with van der Waals surface area (Å²) in [4.78, 5) is 13.3. The van der Waals surface area contributed by atoms with Crippen LogP contribution in [0.2, 0.25) is 0 Å². The van der Waals surface area contributed by atoms with Gasteiger partial charge in [0.05, 0.1) is 18.0 Å². The van der Waals surface area contributed by atoms with E-state index in [2.05, 4.69) is 33.0 Å². The van der Waals surface area contributed by atoms with E-state index >= 15 is 0 Å². The van der Waals surface area contributed by atoms with Crippen LogP contribution in [0.25, 0.3) is 11.5 Å². The van der Waals surface area contributed by atoms with Gasteiger partial charge in [-0.1, -0.05) is 42.5 Å². The number of hydrogen-bond acceptors (Lipinski definition) is 7. The molecule has 0 saturated carbocycles. The summed E-state index contributed by atoms with van der Waals surface area (Å²) in [5, 5.41) is 15.1. The topological polar surface area (TPSA) is 117 Å². The van der Waals surface area contributed by atoms with Gasteiger partial charge in [0.15, 0.2) is 0 Å². The number of amides is 1. The quantitative estimate of drug-likeness (QED) is 0.299. The van der Waals surface area contributed by atoms with Crippen LogP contribution in [0.3, 0.4) is 0 Å². The maximum absolute atomic E-state index is 13.4. The van der Waals surface area contributed by atoms with Crippen LogP contribution in [0.4, 0.5) is 10.1 Å². The molecule has 4 aromatic rings. The van der Waals surface area contributed by atoms with Crippen molar-refractivity contribution in [3.8, 4) is 11.5 Å². The molecular weight excluding hydrogens is 545 g/mol. The lowest BCUT2D eigenvalue weighted by molar-refractivity contribution is 0.0940. The summed E-state index contributed by atoms with van der Waals surface area (Å²) in [6.07, 6.45) is 3.52. The van der Waals surface area contributed by atoms with Gasteiger partial charge in [-0.15, -0.1) is 10.2 Å². The lowest BCUT2D eigenvalue weighted by Gasteiger charge is -2.25. The second kappa shape index (κ2) is 11.4. The molecule has 1 saturated heterocycles. The van der Waals surface area contributed by atoms with E-state index in [0.717, 1.165) is 41.1 Å². The first-order chi connectivity index (χ1) is 19.5. The van der Waals surface area contributed by atoms with E-state index in [1.165, 1.54) is 25.2 Å². The second-order valence-corrected chi connectivity index (χ2v) is 12.4. The Morgan fingerprint density at radius 2 is 1.85 bits per heavy atom. The monoisotopic (exact) mass is 577 g/mol. The fourth-order valence-corrected chi connectivity index (χ4v) is 5.54. The first-order valence-electron chi connectivity index (χ1n) is 13.3. The Morgan fingerprint density at radius 3 is 2.51 bits per heavy atom. The first-order valence-corrected chi connectivity index (χ1v) is 15.2. The van der Waals surface area contributed by atoms with Crippen molar-refractivity contribution < 1.29 is 22.0 Å². The van der Waals surface area contributed by atoms with Crippen LogP contribution in [0.15, 0.2) is 77.2 Å². The van der Waals surface area contributed by atoms with Gasteiger partial charge in [-0.2, -0.15) is 0 Å². The van der Waals surface area contributed by atoms with E-state index in [0.29, 0.717) is 17.9 Å². The number of halogens is 1. The molecule has 0 spiro atoms. The predicted octanol–water partition coefficient (Wildman–Crippen LogP) is 4.58. The van der Waals surface area contributed by atoms with Crippen molar-refractivity contribution in [2.75, 3.05) is 24.2 Å². The van der Waals surface area contributed by atoms with Crippen molar-refractivity contribution in [1.82, 2.24) is 20.8 Å². The van der Waals surface area contributed by atoms with E-state index < -0.39 is 27.5 Å². The van der Waals surface area contributed by atoms with Crippen molar-refractivity contribution >= 4 is 21.6 Å². The third kappa shape index (κ3) is 6.31. The maximum Gasteiger partial charge on any atom is 0.251 e. The van der Waals surface area contributed by atoms with Gasteiger partial charge in [-0.05, 0) is 74.2 Å². The highest BCUT2D eigenvalue weighted by Gasteiger charge is 2.40. The summed E-state index contributed by atoms with van der Waals surface area (Å²) in [5.74, 6) is -0.201. The highest BCUT2D eigenvalue weighted by atomic mass is 32.2. The van der Waals surface area contributed by atoms with E-state index in [4.69, 9.17) is 4.42 Å². The van der Waals surface area contributed by atoms with E-state index in [1.54, 1.807) is 31.2 Å². The normalized spacial score (nSPS) is 17.8. The number of anilines is 1. The Labute approximate surface area is 238 Å². The molecule has 0 aliphatic carbocycles. The number of sulfonamides is 1. The summed E-state index contributed by atoms with van der Waals surface area (Å²) < 4.78 is 45.4. The molecular formula is C30H32FN5O4S. The van der Waals surface area contributed by atoms with Gasteiger partial charge in [-0.3, -0.25) is 9.10 Å². The van der Waals surface area contributed by atoms with Gasteiger partial charge in [0.1, 0.15) is 11.4 Å². The Kier molecular flexibility index (Phi) is 7.92. The lowest BCUT2D eigenvalue weighted by atomic mass is 9.89. The predicted molar refractivity (Wildman–Crippen MR) is 154 cm³/mol. The zero-order chi connectivity index (χ0) is 29.2. The minimum Gasteiger partial charge on any atom is -0.419 e. The van der Waals surface area contributed by atoms with E-state index in [1.807, 2.05) is 18.2 Å². The number of carbonyl (C=O) groups excluding carboxylic acids is 1. The van der Waals surface area contributed by atoms with Gasteiger partial charge in [-0.25, -0.2) is 12.8 Å². The Bertz CT molecular complexity index is 1640. The lowest BCUT2D eigenvalue weighted by Crippen LogP contribution is -2.39. The van der Waals surface area contributed by atoms with Crippen molar-refractivity contribution in [3.05, 3.63) is 101 Å². The summed E-state index contributed by atoms with van der Waals surface area (Å²) in [6, 6.07) is 20.2. The standard InChI is InChI=1S/C30H32FN5O4S/c1-20(22-10-12-25(31)13-11-22)33-27(37)23-16-24(18-26(17-23)36(2)41(3,38)39)28-34-35-29(40-28)30(14-7-15-32-30)19-21-8-5-4-6-9-21/h4-6,8-13,16-18,20,32H,7,14-15,19H2,1-3H3,(H,33,37). The van der Waals surface area contributed by atoms with Gasteiger partial charge in [0, 0.05) is 18.2 Å². The number of carbonyl (C=O) groups is 1. The molecule has 3 aromatic carbocycles. The third-order valence-corrected chi connectivity index (χ3v) is 8.64. The summed E-state index contributed by atoms with van der Waals surface area (Å²) in [7, 11) is -2.22. The minimum atomic E-state index is -3.63. The number of benzene rings is 3. The summed E-state index contributed by atoms with van der Waals surface area (Å²) in [5.41, 5.74) is 2.20. The zero-order valence-corrected chi connectivity index (χ0v) is 23.9. The average Bonchev–Trinajstić information content (AvgIpc) is 3.64. The fourth-order valence-electron chi connectivity index (χ4n) is 5.05. The van der Waals surface area contributed by atoms with Crippen LogP contribution in [-0.4, -0.2) is 44.4 Å². The Balaban J connectivity index is 1.49. The average molecular weight is 578 g/mol. The molecule has 1 aliphatic rings. The van der Waals surface area contributed by atoms with Crippen LogP contribution < -0.4 is 14.9 Å². The van der Waals surface area contributed by atoms with Crippen molar-refractivity contribution in [2.45, 2.75) is 37.8 Å². The molecule has 11 heteroatoms. The van der Waals surface area contributed by atoms with Crippen molar-refractivity contribution in [3.63, 3.8) is 0 Å². The van der Waals surface area contributed by atoms with Gasteiger partial charge in [0.25, 0.3) is 5.91 Å². The summed E-state index contributed by atoms with van der Waals surface area (Å²) in [6.45, 7) is 2.60.